The van der Waals surface area contributed by atoms with E-state index >= 15 is 0 Å². The minimum atomic E-state index is 0.716. The van der Waals surface area contributed by atoms with E-state index in [-0.39, 0.29) is 0 Å². The summed E-state index contributed by atoms with van der Waals surface area (Å²) in [6.45, 7) is 0. The summed E-state index contributed by atoms with van der Waals surface area (Å²) in [6, 6.07) is 15.1. The van der Waals surface area contributed by atoms with E-state index in [0.29, 0.717) is 5.02 Å². The molecule has 2 heteroatoms. The van der Waals surface area contributed by atoms with E-state index in [9.17, 15) is 0 Å². The maximum Gasteiger partial charge on any atom is 0.134 e. The molecular formula is C15H11ClO. The van der Waals surface area contributed by atoms with Gasteiger partial charge in [0.2, 0.25) is 0 Å². The fraction of sp³-hybridized carbons (Fsp3) is 0.0667. The van der Waals surface area contributed by atoms with Crippen LogP contribution in [0.4, 0.5) is 0 Å². The van der Waals surface area contributed by atoms with Gasteiger partial charge in [-0.3, -0.25) is 0 Å². The highest BCUT2D eigenvalue weighted by Crippen LogP contribution is 2.16. The normalized spacial score (nSPS) is 9.29. The SMILES string of the molecule is COc1ccccc1C#Cc1ccc(Cl)cc1. The molecule has 0 aromatic heterocycles. The van der Waals surface area contributed by atoms with Crippen molar-refractivity contribution in [3.05, 3.63) is 64.7 Å². The third-order valence-corrected chi connectivity index (χ3v) is 2.54. The van der Waals surface area contributed by atoms with Crippen LogP contribution in [-0.2, 0) is 0 Å². The van der Waals surface area contributed by atoms with Crippen molar-refractivity contribution in [3.8, 4) is 17.6 Å². The first-order chi connectivity index (χ1) is 8.29. The first kappa shape index (κ1) is 11.6. The molecule has 2 rings (SSSR count). The van der Waals surface area contributed by atoms with Crippen LogP contribution in [-0.4, -0.2) is 7.11 Å². The van der Waals surface area contributed by atoms with Gasteiger partial charge in [-0.15, -0.1) is 0 Å². The van der Waals surface area contributed by atoms with E-state index in [4.69, 9.17) is 16.3 Å². The molecule has 17 heavy (non-hydrogen) atoms. The number of hydrogen-bond donors (Lipinski definition) is 0. The molecule has 0 atom stereocenters. The number of rotatable bonds is 1. The Morgan fingerprint density at radius 2 is 1.65 bits per heavy atom. The molecule has 0 heterocycles. The van der Waals surface area contributed by atoms with Crippen molar-refractivity contribution in [2.75, 3.05) is 7.11 Å². The first-order valence-corrected chi connectivity index (χ1v) is 5.58. The van der Waals surface area contributed by atoms with E-state index < -0.39 is 0 Å². The third kappa shape index (κ3) is 3.03. The van der Waals surface area contributed by atoms with Crippen LogP contribution in [0.15, 0.2) is 48.5 Å². The summed E-state index contributed by atoms with van der Waals surface area (Å²) in [4.78, 5) is 0. The van der Waals surface area contributed by atoms with Crippen LogP contribution < -0.4 is 4.74 Å². The minimum Gasteiger partial charge on any atom is -0.495 e. The lowest BCUT2D eigenvalue weighted by molar-refractivity contribution is 0.413. The predicted octanol–water partition coefficient (Wildman–Crippen LogP) is 3.75. The van der Waals surface area contributed by atoms with Crippen LogP contribution in [0.25, 0.3) is 0 Å². The number of hydrogen-bond acceptors (Lipinski definition) is 1. The van der Waals surface area contributed by atoms with E-state index in [1.165, 1.54) is 0 Å². The molecule has 0 unspecified atom stereocenters. The molecule has 0 aliphatic rings. The molecule has 1 nitrogen and oxygen atoms in total. The fourth-order valence-corrected chi connectivity index (χ4v) is 1.55. The molecule has 2 aromatic rings. The lowest BCUT2D eigenvalue weighted by Crippen LogP contribution is -1.86. The van der Waals surface area contributed by atoms with Crippen LogP contribution >= 0.6 is 11.6 Å². The Morgan fingerprint density at radius 1 is 0.941 bits per heavy atom. The molecule has 0 amide bonds. The van der Waals surface area contributed by atoms with Gasteiger partial charge in [-0.1, -0.05) is 35.6 Å². The summed E-state index contributed by atoms with van der Waals surface area (Å²) in [6.07, 6.45) is 0. The minimum absolute atomic E-state index is 0.716. The summed E-state index contributed by atoms with van der Waals surface area (Å²) >= 11 is 5.81. The van der Waals surface area contributed by atoms with Crippen LogP contribution in [0.1, 0.15) is 11.1 Å². The molecule has 0 aliphatic heterocycles. The molecule has 2 aromatic carbocycles. The van der Waals surface area contributed by atoms with Gasteiger partial charge in [0, 0.05) is 10.6 Å². The standard InChI is InChI=1S/C15H11ClO/c1-17-15-5-3-2-4-13(15)9-6-12-7-10-14(16)11-8-12/h2-5,7-8,10-11H,1H3. The van der Waals surface area contributed by atoms with Crippen LogP contribution in [0.5, 0.6) is 5.75 Å². The number of para-hydroxylation sites is 1. The number of ether oxygens (including phenoxy) is 1. The molecule has 0 fully saturated rings. The summed E-state index contributed by atoms with van der Waals surface area (Å²) in [5, 5.41) is 0.716. The second kappa shape index (κ2) is 5.43. The van der Waals surface area contributed by atoms with E-state index in [1.54, 1.807) is 7.11 Å². The third-order valence-electron chi connectivity index (χ3n) is 2.29. The second-order valence-electron chi connectivity index (χ2n) is 3.46. The van der Waals surface area contributed by atoms with Crippen molar-refractivity contribution in [3.63, 3.8) is 0 Å². The summed E-state index contributed by atoms with van der Waals surface area (Å²) in [5.41, 5.74) is 1.81. The quantitative estimate of drug-likeness (QED) is 0.692. The van der Waals surface area contributed by atoms with Crippen molar-refractivity contribution in [1.29, 1.82) is 0 Å². The van der Waals surface area contributed by atoms with Gasteiger partial charge in [-0.25, -0.2) is 0 Å². The molecule has 0 bridgehead atoms. The Balaban J connectivity index is 2.29. The zero-order valence-electron chi connectivity index (χ0n) is 9.41. The number of methoxy groups -OCH3 is 1. The van der Waals surface area contributed by atoms with Crippen molar-refractivity contribution in [1.82, 2.24) is 0 Å². The summed E-state index contributed by atoms with van der Waals surface area (Å²) in [5.74, 6) is 6.94. The van der Waals surface area contributed by atoms with Gasteiger partial charge in [0.15, 0.2) is 0 Å². The Kier molecular flexibility index (Phi) is 3.69. The van der Waals surface area contributed by atoms with Gasteiger partial charge in [0.1, 0.15) is 5.75 Å². The molecule has 0 saturated heterocycles. The lowest BCUT2D eigenvalue weighted by Gasteiger charge is -2.00. The Bertz CT molecular complexity index is 561. The summed E-state index contributed by atoms with van der Waals surface area (Å²) in [7, 11) is 1.64. The molecule has 0 aliphatic carbocycles. The smallest absolute Gasteiger partial charge is 0.134 e. The molecule has 0 N–H and O–H groups in total. The maximum absolute atomic E-state index is 5.81. The Hall–Kier alpha value is -1.91. The zero-order valence-corrected chi connectivity index (χ0v) is 10.2. The van der Waals surface area contributed by atoms with Gasteiger partial charge in [-0.05, 0) is 36.4 Å². The van der Waals surface area contributed by atoms with E-state index in [1.807, 2.05) is 48.5 Å². The van der Waals surface area contributed by atoms with Crippen molar-refractivity contribution < 1.29 is 4.74 Å². The van der Waals surface area contributed by atoms with Gasteiger partial charge in [0.25, 0.3) is 0 Å². The average Bonchev–Trinajstić information content (AvgIpc) is 2.38. The lowest BCUT2D eigenvalue weighted by atomic mass is 10.1. The van der Waals surface area contributed by atoms with E-state index in [0.717, 1.165) is 16.9 Å². The van der Waals surface area contributed by atoms with Gasteiger partial charge >= 0.3 is 0 Å². The highest BCUT2D eigenvalue weighted by atomic mass is 35.5. The Labute approximate surface area is 106 Å². The molecule has 0 spiro atoms. The average molecular weight is 243 g/mol. The van der Waals surface area contributed by atoms with Crippen molar-refractivity contribution >= 4 is 11.6 Å². The molecule has 0 radical (unpaired) electrons. The van der Waals surface area contributed by atoms with Gasteiger partial charge < -0.3 is 4.74 Å². The van der Waals surface area contributed by atoms with Crippen LogP contribution in [0.3, 0.4) is 0 Å². The molecule has 84 valence electrons. The largest absolute Gasteiger partial charge is 0.495 e. The fourth-order valence-electron chi connectivity index (χ4n) is 1.42. The number of benzene rings is 2. The van der Waals surface area contributed by atoms with Crippen LogP contribution in [0, 0.1) is 11.8 Å². The highest BCUT2D eigenvalue weighted by molar-refractivity contribution is 6.30. The monoisotopic (exact) mass is 242 g/mol. The van der Waals surface area contributed by atoms with E-state index in [2.05, 4.69) is 11.8 Å². The molecule has 0 saturated carbocycles. The van der Waals surface area contributed by atoms with Crippen molar-refractivity contribution in [2.45, 2.75) is 0 Å². The number of halogens is 1. The zero-order chi connectivity index (χ0) is 12.1. The first-order valence-electron chi connectivity index (χ1n) is 5.20. The Morgan fingerprint density at radius 3 is 2.35 bits per heavy atom. The summed E-state index contributed by atoms with van der Waals surface area (Å²) < 4.78 is 5.23. The highest BCUT2D eigenvalue weighted by Gasteiger charge is 1.96. The molecular weight excluding hydrogens is 232 g/mol. The van der Waals surface area contributed by atoms with Gasteiger partial charge in [0.05, 0.1) is 12.7 Å². The predicted molar refractivity (Wildman–Crippen MR) is 70.4 cm³/mol. The maximum atomic E-state index is 5.81. The van der Waals surface area contributed by atoms with Gasteiger partial charge in [-0.2, -0.15) is 0 Å². The van der Waals surface area contributed by atoms with Crippen LogP contribution in [0.2, 0.25) is 5.02 Å². The topological polar surface area (TPSA) is 9.23 Å². The second-order valence-corrected chi connectivity index (χ2v) is 3.89. The van der Waals surface area contributed by atoms with Crippen molar-refractivity contribution in [2.24, 2.45) is 0 Å².